The van der Waals surface area contributed by atoms with Gasteiger partial charge >= 0.3 is 0 Å². The molecule has 1 amide bonds. The van der Waals surface area contributed by atoms with Crippen LogP contribution in [0.3, 0.4) is 0 Å². The summed E-state index contributed by atoms with van der Waals surface area (Å²) in [5.41, 5.74) is 6.68. The molecule has 94 valence electrons. The highest BCUT2D eigenvalue weighted by molar-refractivity contribution is 7.80. The van der Waals surface area contributed by atoms with Crippen LogP contribution in [0.15, 0.2) is 24.8 Å². The largest absolute Gasteiger partial charge is 0.392 e. The minimum atomic E-state index is -0.306. The van der Waals surface area contributed by atoms with Gasteiger partial charge < -0.3 is 10.6 Å². The second-order valence-electron chi connectivity index (χ2n) is 3.96. The van der Waals surface area contributed by atoms with E-state index in [-0.39, 0.29) is 16.9 Å². The summed E-state index contributed by atoms with van der Waals surface area (Å²) in [7, 11) is 1.66. The molecule has 7 heteroatoms. The molecule has 0 aliphatic heterocycles. The number of fused-ring (bicyclic) bond motifs is 1. The van der Waals surface area contributed by atoms with Crippen molar-refractivity contribution >= 4 is 28.6 Å². The zero-order chi connectivity index (χ0) is 13.3. The number of nitrogens with zero attached hydrogens (tertiary/aromatic N) is 4. The molecule has 0 spiro atoms. The van der Waals surface area contributed by atoms with Crippen LogP contribution in [0.4, 0.5) is 0 Å². The SMILES string of the molecule is CC(C(N)=S)N(C)C(=O)c1cnn2ccncc12. The maximum absolute atomic E-state index is 12.3. The van der Waals surface area contributed by atoms with Gasteiger partial charge in [-0.1, -0.05) is 12.2 Å². The summed E-state index contributed by atoms with van der Waals surface area (Å²) in [6.07, 6.45) is 6.40. The molecule has 0 aromatic carbocycles. The highest BCUT2D eigenvalue weighted by Gasteiger charge is 2.22. The van der Waals surface area contributed by atoms with Crippen molar-refractivity contribution in [1.82, 2.24) is 19.5 Å². The first kappa shape index (κ1) is 12.4. The third-order valence-electron chi connectivity index (χ3n) is 2.87. The molecule has 1 unspecified atom stereocenters. The minimum Gasteiger partial charge on any atom is -0.392 e. The number of hydrogen-bond acceptors (Lipinski definition) is 4. The lowest BCUT2D eigenvalue weighted by Gasteiger charge is -2.23. The van der Waals surface area contributed by atoms with Gasteiger partial charge in [-0.05, 0) is 6.92 Å². The van der Waals surface area contributed by atoms with Crippen LogP contribution in [0, 0.1) is 0 Å². The van der Waals surface area contributed by atoms with Gasteiger partial charge in [-0.3, -0.25) is 9.78 Å². The zero-order valence-corrected chi connectivity index (χ0v) is 10.9. The van der Waals surface area contributed by atoms with E-state index in [2.05, 4.69) is 10.1 Å². The summed E-state index contributed by atoms with van der Waals surface area (Å²) in [4.78, 5) is 18.1. The van der Waals surface area contributed by atoms with Gasteiger partial charge in [0.25, 0.3) is 5.91 Å². The van der Waals surface area contributed by atoms with Crippen molar-refractivity contribution in [2.45, 2.75) is 13.0 Å². The molecule has 2 heterocycles. The van der Waals surface area contributed by atoms with Crippen molar-refractivity contribution < 1.29 is 4.79 Å². The fourth-order valence-corrected chi connectivity index (χ4v) is 1.71. The maximum Gasteiger partial charge on any atom is 0.258 e. The van der Waals surface area contributed by atoms with Gasteiger partial charge in [0.15, 0.2) is 0 Å². The Kier molecular flexibility index (Phi) is 3.24. The summed E-state index contributed by atoms with van der Waals surface area (Å²) in [6.45, 7) is 1.78. The van der Waals surface area contributed by atoms with Crippen LogP contribution in [0.5, 0.6) is 0 Å². The highest BCUT2D eigenvalue weighted by Crippen LogP contribution is 2.12. The Morgan fingerprint density at radius 2 is 2.28 bits per heavy atom. The second-order valence-corrected chi connectivity index (χ2v) is 4.43. The molecule has 1 atom stereocenters. The standard InChI is InChI=1S/C11H13N5OS/c1-7(10(12)18)15(2)11(17)8-5-14-16-4-3-13-6-9(8)16/h3-7H,1-2H3,(H2,12,18). The molecule has 0 saturated carbocycles. The van der Waals surface area contributed by atoms with E-state index in [1.54, 1.807) is 37.1 Å². The van der Waals surface area contributed by atoms with E-state index in [4.69, 9.17) is 18.0 Å². The maximum atomic E-state index is 12.3. The topological polar surface area (TPSA) is 76.5 Å². The van der Waals surface area contributed by atoms with Gasteiger partial charge in [-0.25, -0.2) is 4.52 Å². The highest BCUT2D eigenvalue weighted by atomic mass is 32.1. The third kappa shape index (κ3) is 2.04. The predicted molar refractivity (Wildman–Crippen MR) is 71.3 cm³/mol. The van der Waals surface area contributed by atoms with Gasteiger partial charge in [0.2, 0.25) is 0 Å². The van der Waals surface area contributed by atoms with E-state index >= 15 is 0 Å². The smallest absolute Gasteiger partial charge is 0.258 e. The summed E-state index contributed by atoms with van der Waals surface area (Å²) >= 11 is 4.89. The lowest BCUT2D eigenvalue weighted by Crippen LogP contribution is -2.42. The lowest BCUT2D eigenvalue weighted by molar-refractivity contribution is 0.0781. The molecule has 0 bridgehead atoms. The Labute approximate surface area is 109 Å². The van der Waals surface area contributed by atoms with Crippen molar-refractivity contribution in [2.75, 3.05) is 7.05 Å². The summed E-state index contributed by atoms with van der Waals surface area (Å²) in [6, 6.07) is -0.306. The third-order valence-corrected chi connectivity index (χ3v) is 3.21. The van der Waals surface area contributed by atoms with E-state index < -0.39 is 0 Å². The van der Waals surface area contributed by atoms with Gasteiger partial charge in [0.1, 0.15) is 0 Å². The first-order valence-corrected chi connectivity index (χ1v) is 5.77. The number of amides is 1. The monoisotopic (exact) mass is 263 g/mol. The van der Waals surface area contributed by atoms with Crippen LogP contribution in [-0.4, -0.2) is 43.5 Å². The average molecular weight is 263 g/mol. The molecule has 2 N–H and O–H groups in total. The molecule has 0 aliphatic carbocycles. The Morgan fingerprint density at radius 1 is 1.56 bits per heavy atom. The van der Waals surface area contributed by atoms with E-state index in [9.17, 15) is 4.79 Å². The number of thiocarbonyl (C=S) groups is 1. The number of likely N-dealkylation sites (N-methyl/N-ethyl adjacent to an activating group) is 1. The molecule has 6 nitrogen and oxygen atoms in total. The van der Waals surface area contributed by atoms with Gasteiger partial charge in [-0.2, -0.15) is 5.10 Å². The lowest BCUT2D eigenvalue weighted by atomic mass is 10.2. The van der Waals surface area contributed by atoms with Crippen molar-refractivity contribution in [2.24, 2.45) is 5.73 Å². The molecule has 0 radical (unpaired) electrons. The normalized spacial score (nSPS) is 12.3. The van der Waals surface area contributed by atoms with Crippen LogP contribution in [0.2, 0.25) is 0 Å². The van der Waals surface area contributed by atoms with Gasteiger partial charge in [0.05, 0.1) is 34.5 Å². The quantitative estimate of drug-likeness (QED) is 0.815. The van der Waals surface area contributed by atoms with Crippen molar-refractivity contribution in [3.05, 3.63) is 30.4 Å². The fourth-order valence-electron chi connectivity index (χ4n) is 1.56. The number of rotatable bonds is 3. The Bertz CT molecular complexity index is 608. The van der Waals surface area contributed by atoms with Crippen LogP contribution in [0.1, 0.15) is 17.3 Å². The average Bonchev–Trinajstić information content (AvgIpc) is 2.79. The number of hydrogen-bond donors (Lipinski definition) is 1. The molecular weight excluding hydrogens is 250 g/mol. The molecule has 2 aromatic rings. The number of aromatic nitrogens is 3. The van der Waals surface area contributed by atoms with E-state index in [1.807, 2.05) is 0 Å². The molecule has 18 heavy (non-hydrogen) atoms. The van der Waals surface area contributed by atoms with Gasteiger partial charge in [0, 0.05) is 19.4 Å². The van der Waals surface area contributed by atoms with Crippen molar-refractivity contribution in [1.29, 1.82) is 0 Å². The second kappa shape index (κ2) is 4.69. The first-order chi connectivity index (χ1) is 8.52. The molecule has 0 fully saturated rings. The molecule has 0 aliphatic rings. The Morgan fingerprint density at radius 3 is 2.94 bits per heavy atom. The van der Waals surface area contributed by atoms with Crippen LogP contribution < -0.4 is 5.73 Å². The predicted octanol–water partition coefficient (Wildman–Crippen LogP) is 0.476. The minimum absolute atomic E-state index is 0.182. The number of carbonyl (C=O) groups excluding carboxylic acids is 1. The van der Waals surface area contributed by atoms with Crippen molar-refractivity contribution in [3.8, 4) is 0 Å². The molecule has 2 aromatic heterocycles. The van der Waals surface area contributed by atoms with Crippen molar-refractivity contribution in [3.63, 3.8) is 0 Å². The van der Waals surface area contributed by atoms with E-state index in [0.717, 1.165) is 0 Å². The summed E-state index contributed by atoms with van der Waals surface area (Å²) in [5, 5.41) is 4.09. The van der Waals surface area contributed by atoms with E-state index in [1.165, 1.54) is 11.1 Å². The van der Waals surface area contributed by atoms with E-state index in [0.29, 0.717) is 11.1 Å². The number of nitrogens with two attached hydrogens (primary N) is 1. The van der Waals surface area contributed by atoms with Gasteiger partial charge in [-0.15, -0.1) is 0 Å². The zero-order valence-electron chi connectivity index (χ0n) is 10.1. The molecule has 2 rings (SSSR count). The summed E-state index contributed by atoms with van der Waals surface area (Å²) < 4.78 is 1.60. The fraction of sp³-hybridized carbons (Fsp3) is 0.273. The number of carbonyl (C=O) groups is 1. The molecular formula is C11H13N5OS. The Balaban J connectivity index is 2.37. The summed E-state index contributed by atoms with van der Waals surface area (Å²) in [5.74, 6) is -0.182. The van der Waals surface area contributed by atoms with Crippen LogP contribution in [-0.2, 0) is 0 Å². The van der Waals surface area contributed by atoms with Crippen LogP contribution in [0.25, 0.3) is 5.52 Å². The molecule has 0 saturated heterocycles. The Hall–Kier alpha value is -2.02. The first-order valence-electron chi connectivity index (χ1n) is 5.36. The van der Waals surface area contributed by atoms with Crippen LogP contribution >= 0.6 is 12.2 Å².